The Balaban J connectivity index is 1.18. The lowest BCUT2D eigenvalue weighted by molar-refractivity contribution is 0.267. The molecule has 0 saturated carbocycles. The topological polar surface area (TPSA) is 42.8 Å². The predicted molar refractivity (Wildman–Crippen MR) is 168 cm³/mol. The van der Waals surface area contributed by atoms with E-state index in [9.17, 15) is 0 Å². The fraction of sp³-hybridized carbons (Fsp3) is 0.206. The number of allylic oxidation sites excluding steroid dienone is 2. The molecule has 0 fully saturated rings. The van der Waals surface area contributed by atoms with Crippen molar-refractivity contribution in [3.05, 3.63) is 129 Å². The molecular weight excluding hydrogens is 595 g/mol. The van der Waals surface area contributed by atoms with E-state index in [0.29, 0.717) is 25.0 Å². The number of hydrogen-bond acceptors (Lipinski definition) is 4. The Labute approximate surface area is 243 Å². The molecular formula is C34H31IN2O2. The Kier molecular flexibility index (Phi) is 7.68. The lowest BCUT2D eigenvalue weighted by Crippen LogP contribution is -2.28. The van der Waals surface area contributed by atoms with Gasteiger partial charge in [-0.1, -0.05) is 72.8 Å². The third-order valence-corrected chi connectivity index (χ3v) is 8.25. The van der Waals surface area contributed by atoms with Crippen LogP contribution in [0.25, 0.3) is 0 Å². The number of rotatable bonds is 8. The molecule has 0 radical (unpaired) electrons. The van der Waals surface area contributed by atoms with Crippen molar-refractivity contribution in [3.8, 4) is 11.5 Å². The summed E-state index contributed by atoms with van der Waals surface area (Å²) in [4.78, 5) is 4.77. The highest BCUT2D eigenvalue weighted by molar-refractivity contribution is 14.1. The average Bonchev–Trinajstić information content (AvgIpc) is 3.47. The summed E-state index contributed by atoms with van der Waals surface area (Å²) in [5, 5.41) is 3.81. The zero-order valence-electron chi connectivity index (χ0n) is 21.9. The third-order valence-electron chi connectivity index (χ3n) is 7.44. The molecule has 196 valence electrons. The second-order valence-corrected chi connectivity index (χ2v) is 11.1. The zero-order chi connectivity index (χ0) is 26.6. The van der Waals surface area contributed by atoms with Crippen LogP contribution in [0.2, 0.25) is 0 Å². The van der Waals surface area contributed by atoms with Gasteiger partial charge in [-0.2, -0.15) is 0 Å². The van der Waals surface area contributed by atoms with E-state index in [-0.39, 0.29) is 6.04 Å². The van der Waals surface area contributed by atoms with Crippen LogP contribution in [0.1, 0.15) is 47.6 Å². The van der Waals surface area contributed by atoms with Gasteiger partial charge in [0.1, 0.15) is 6.61 Å². The number of ether oxygens (including phenoxy) is 2. The minimum atomic E-state index is 0.289. The van der Waals surface area contributed by atoms with E-state index in [0.717, 1.165) is 38.3 Å². The molecule has 4 nitrogen and oxygen atoms in total. The molecule has 0 bridgehead atoms. The molecule has 1 aliphatic carbocycles. The molecule has 1 heterocycles. The highest BCUT2D eigenvalue weighted by Gasteiger charge is 2.37. The molecule has 1 N–H and O–H groups in total. The average molecular weight is 627 g/mol. The number of nitrogens with one attached hydrogen (secondary N) is 1. The largest absolute Gasteiger partial charge is 0.490 e. The number of fused-ring (bicyclic) bond motifs is 3. The highest BCUT2D eigenvalue weighted by atomic mass is 127. The smallest absolute Gasteiger partial charge is 0.175 e. The molecule has 0 amide bonds. The number of aliphatic imine (C=N–C) groups is 1. The highest BCUT2D eigenvalue weighted by Crippen LogP contribution is 2.49. The number of benzene rings is 4. The minimum absolute atomic E-state index is 0.289. The normalized spacial score (nSPS) is 19.4. The van der Waals surface area contributed by atoms with Crippen LogP contribution in [0.3, 0.4) is 0 Å². The Bertz CT molecular complexity index is 1500. The molecule has 4 aromatic rings. The summed E-state index contributed by atoms with van der Waals surface area (Å²) >= 11 is 2.31. The van der Waals surface area contributed by atoms with Crippen LogP contribution in [0, 0.1) is 9.49 Å². The van der Waals surface area contributed by atoms with Crippen LogP contribution in [0.4, 0.5) is 11.4 Å². The van der Waals surface area contributed by atoms with Gasteiger partial charge in [0.25, 0.3) is 0 Å². The van der Waals surface area contributed by atoms with Gasteiger partial charge in [-0.05, 0) is 94.4 Å². The quantitative estimate of drug-likeness (QED) is 0.121. The molecule has 0 unspecified atom stereocenters. The van der Waals surface area contributed by atoms with Gasteiger partial charge >= 0.3 is 0 Å². The molecule has 1 aliphatic heterocycles. The Hall–Kier alpha value is -3.58. The standard InChI is InChI=1S/C34H31IN2O2/c1-2-38-32-20-24(19-30(35)34(32)39-22-23-9-4-3-5-10-23)21-36-26-17-15-25(16-18-26)33-29-13-8-12-27(29)28-11-6-7-14-31(28)37-33/h3-12,14-21,27,29,33,37H,2,13,22H2,1H3/t27-,29+,33+/m1/s1. The number of hydrogen-bond donors (Lipinski definition) is 1. The lowest BCUT2D eigenvalue weighted by atomic mass is 9.77. The van der Waals surface area contributed by atoms with E-state index < -0.39 is 0 Å². The first-order chi connectivity index (χ1) is 19.2. The van der Waals surface area contributed by atoms with Crippen LogP contribution in [-0.2, 0) is 6.61 Å². The van der Waals surface area contributed by atoms with Crippen molar-refractivity contribution in [3.63, 3.8) is 0 Å². The van der Waals surface area contributed by atoms with E-state index in [1.807, 2.05) is 37.4 Å². The Morgan fingerprint density at radius 3 is 2.56 bits per heavy atom. The summed E-state index contributed by atoms with van der Waals surface area (Å²) in [7, 11) is 0. The van der Waals surface area contributed by atoms with Crippen molar-refractivity contribution < 1.29 is 9.47 Å². The number of anilines is 1. The van der Waals surface area contributed by atoms with Gasteiger partial charge in [0, 0.05) is 17.8 Å². The molecule has 4 aromatic carbocycles. The number of halogens is 1. The van der Waals surface area contributed by atoms with Crippen molar-refractivity contribution in [1.29, 1.82) is 0 Å². The van der Waals surface area contributed by atoms with Crippen molar-refractivity contribution in [2.45, 2.75) is 31.9 Å². The summed E-state index contributed by atoms with van der Waals surface area (Å²) in [6.07, 6.45) is 7.71. The molecule has 6 rings (SSSR count). The first-order valence-electron chi connectivity index (χ1n) is 13.5. The summed E-state index contributed by atoms with van der Waals surface area (Å²) in [6, 6.07) is 31.9. The van der Waals surface area contributed by atoms with Gasteiger partial charge in [-0.15, -0.1) is 0 Å². The Morgan fingerprint density at radius 2 is 1.74 bits per heavy atom. The van der Waals surface area contributed by atoms with Crippen LogP contribution < -0.4 is 14.8 Å². The second-order valence-electron chi connectivity index (χ2n) is 9.95. The maximum atomic E-state index is 6.16. The summed E-state index contributed by atoms with van der Waals surface area (Å²) in [5.41, 5.74) is 6.98. The number of nitrogens with zero attached hydrogens (tertiary/aromatic N) is 1. The van der Waals surface area contributed by atoms with E-state index in [1.165, 1.54) is 16.8 Å². The summed E-state index contributed by atoms with van der Waals surface area (Å²) in [6.45, 7) is 3.05. The van der Waals surface area contributed by atoms with Gasteiger partial charge in [-0.3, -0.25) is 4.99 Å². The van der Waals surface area contributed by atoms with E-state index in [2.05, 4.69) is 107 Å². The van der Waals surface area contributed by atoms with Crippen LogP contribution in [0.15, 0.2) is 108 Å². The summed E-state index contributed by atoms with van der Waals surface area (Å²) < 4.78 is 13.1. The van der Waals surface area contributed by atoms with Crippen molar-refractivity contribution in [1.82, 2.24) is 0 Å². The van der Waals surface area contributed by atoms with E-state index in [4.69, 9.17) is 14.5 Å². The van der Waals surface area contributed by atoms with E-state index in [1.54, 1.807) is 0 Å². The van der Waals surface area contributed by atoms with E-state index >= 15 is 0 Å². The Morgan fingerprint density at radius 1 is 0.949 bits per heavy atom. The zero-order valence-corrected chi connectivity index (χ0v) is 24.0. The SMILES string of the molecule is CCOc1cc(C=Nc2ccc([C@@H]3Nc4ccccc4[C@H]4C=CC[C@@H]43)cc2)cc(I)c1OCc1ccccc1. The third kappa shape index (κ3) is 5.59. The molecule has 39 heavy (non-hydrogen) atoms. The molecule has 2 aliphatic rings. The predicted octanol–water partition coefficient (Wildman–Crippen LogP) is 8.85. The van der Waals surface area contributed by atoms with Crippen LogP contribution >= 0.6 is 22.6 Å². The first-order valence-corrected chi connectivity index (χ1v) is 14.6. The molecule has 0 saturated heterocycles. The maximum Gasteiger partial charge on any atom is 0.175 e. The fourth-order valence-electron chi connectivity index (χ4n) is 5.59. The van der Waals surface area contributed by atoms with Gasteiger partial charge in [-0.25, -0.2) is 0 Å². The van der Waals surface area contributed by atoms with Gasteiger partial charge in [0.15, 0.2) is 11.5 Å². The second kappa shape index (κ2) is 11.7. The molecule has 5 heteroatoms. The maximum absolute atomic E-state index is 6.16. The van der Waals surface area contributed by atoms with Crippen molar-refractivity contribution >= 4 is 40.2 Å². The van der Waals surface area contributed by atoms with Gasteiger partial charge in [0.05, 0.1) is 21.9 Å². The van der Waals surface area contributed by atoms with Gasteiger partial charge < -0.3 is 14.8 Å². The molecule has 0 aromatic heterocycles. The van der Waals surface area contributed by atoms with Gasteiger partial charge in [0.2, 0.25) is 0 Å². The first kappa shape index (κ1) is 25.7. The number of para-hydroxylation sites is 1. The van der Waals surface area contributed by atoms with Crippen molar-refractivity contribution in [2.24, 2.45) is 10.9 Å². The van der Waals surface area contributed by atoms with Crippen molar-refractivity contribution in [2.75, 3.05) is 11.9 Å². The van der Waals surface area contributed by atoms with Crippen LogP contribution in [0.5, 0.6) is 11.5 Å². The van der Waals surface area contributed by atoms with Crippen LogP contribution in [-0.4, -0.2) is 12.8 Å². The lowest BCUT2D eigenvalue weighted by Gasteiger charge is -2.37. The fourth-order valence-corrected chi connectivity index (χ4v) is 6.37. The molecule has 3 atom stereocenters. The summed E-state index contributed by atoms with van der Waals surface area (Å²) in [5.74, 6) is 2.52. The minimum Gasteiger partial charge on any atom is -0.490 e. The molecule has 0 spiro atoms. The monoisotopic (exact) mass is 626 g/mol.